The molecule has 4 heterocycles. The highest BCUT2D eigenvalue weighted by atomic mass is 32.1. The molecule has 0 radical (unpaired) electrons. The van der Waals surface area contributed by atoms with Gasteiger partial charge in [0.25, 0.3) is 0 Å². The lowest BCUT2D eigenvalue weighted by Gasteiger charge is -2.25. The average Bonchev–Trinajstić information content (AvgIpc) is 3.06. The molecule has 1 saturated heterocycles. The van der Waals surface area contributed by atoms with Crippen LogP contribution in [-0.2, 0) is 17.8 Å². The smallest absolute Gasteiger partial charge is 0.146 e. The van der Waals surface area contributed by atoms with Crippen molar-refractivity contribution in [2.24, 2.45) is 0 Å². The first-order valence-corrected chi connectivity index (χ1v) is 11.1. The highest BCUT2D eigenvalue weighted by molar-refractivity contribution is 7.18. The first kappa shape index (κ1) is 19.4. The number of fused-ring (bicyclic) bond motifs is 2. The Hall–Kier alpha value is -2.61. The van der Waals surface area contributed by atoms with E-state index in [0.29, 0.717) is 6.54 Å². The Bertz CT molecular complexity index is 1190. The number of nitrogens with one attached hydrogen (secondary N) is 1. The van der Waals surface area contributed by atoms with E-state index < -0.39 is 0 Å². The second-order valence-corrected chi connectivity index (χ2v) is 8.89. The van der Waals surface area contributed by atoms with Crippen LogP contribution < -0.4 is 5.32 Å². The molecule has 0 unspecified atom stereocenters. The molecule has 0 saturated carbocycles. The van der Waals surface area contributed by atoms with Gasteiger partial charge in [-0.15, -0.1) is 11.3 Å². The van der Waals surface area contributed by atoms with E-state index in [1.54, 1.807) is 11.3 Å². The SMILES string of the molecule is Cc1sc2nc(CN3CCOCC3)nc(NCc3cccc4cccnc34)c2c1C. The zero-order valence-corrected chi connectivity index (χ0v) is 18.1. The molecule has 1 aliphatic rings. The lowest BCUT2D eigenvalue weighted by molar-refractivity contribution is 0.0331. The molecule has 0 aliphatic carbocycles. The van der Waals surface area contributed by atoms with Crippen molar-refractivity contribution in [2.75, 3.05) is 31.6 Å². The van der Waals surface area contributed by atoms with Gasteiger partial charge >= 0.3 is 0 Å². The van der Waals surface area contributed by atoms with Gasteiger partial charge in [-0.1, -0.05) is 24.3 Å². The molecular formula is C23H25N5OS. The zero-order valence-electron chi connectivity index (χ0n) is 17.3. The highest BCUT2D eigenvalue weighted by Gasteiger charge is 2.18. The molecule has 3 aromatic heterocycles. The summed E-state index contributed by atoms with van der Waals surface area (Å²) in [6, 6.07) is 10.4. The van der Waals surface area contributed by atoms with E-state index in [9.17, 15) is 0 Å². The summed E-state index contributed by atoms with van der Waals surface area (Å²) in [5, 5.41) is 5.89. The summed E-state index contributed by atoms with van der Waals surface area (Å²) in [4.78, 5) is 19.1. The fourth-order valence-electron chi connectivity index (χ4n) is 3.94. The average molecular weight is 420 g/mol. The van der Waals surface area contributed by atoms with Crippen LogP contribution >= 0.6 is 11.3 Å². The predicted octanol–water partition coefficient (Wildman–Crippen LogP) is 4.30. The number of benzene rings is 1. The van der Waals surface area contributed by atoms with Crippen LogP contribution in [0.4, 0.5) is 5.82 Å². The number of anilines is 1. The van der Waals surface area contributed by atoms with Gasteiger partial charge < -0.3 is 10.1 Å². The maximum atomic E-state index is 5.47. The number of rotatable bonds is 5. The second kappa shape index (κ2) is 8.26. The standard InChI is InChI=1S/C23H25N5OS/c1-15-16(2)30-23-20(15)22(26-19(27-23)14-28-9-11-29-12-10-28)25-13-18-6-3-5-17-7-4-8-24-21(17)18/h3-8H,9-14H2,1-2H3,(H,25,26,27). The lowest BCUT2D eigenvalue weighted by Crippen LogP contribution is -2.36. The molecule has 5 rings (SSSR count). The number of hydrogen-bond acceptors (Lipinski definition) is 7. The molecule has 0 spiro atoms. The molecular weight excluding hydrogens is 394 g/mol. The van der Waals surface area contributed by atoms with Crippen molar-refractivity contribution in [3.63, 3.8) is 0 Å². The van der Waals surface area contributed by atoms with Crippen LogP contribution in [0.2, 0.25) is 0 Å². The number of aromatic nitrogens is 3. The molecule has 1 fully saturated rings. The summed E-state index contributed by atoms with van der Waals surface area (Å²) < 4.78 is 5.47. The van der Waals surface area contributed by atoms with Crippen LogP contribution in [0.5, 0.6) is 0 Å². The second-order valence-electron chi connectivity index (χ2n) is 7.69. The normalized spacial score (nSPS) is 15.1. The van der Waals surface area contributed by atoms with Crippen LogP contribution in [-0.4, -0.2) is 46.2 Å². The highest BCUT2D eigenvalue weighted by Crippen LogP contribution is 2.34. The van der Waals surface area contributed by atoms with Crippen LogP contribution in [0.1, 0.15) is 21.8 Å². The molecule has 154 valence electrons. The number of ether oxygens (including phenoxy) is 1. The van der Waals surface area contributed by atoms with Crippen molar-refractivity contribution < 1.29 is 4.74 Å². The van der Waals surface area contributed by atoms with E-state index >= 15 is 0 Å². The number of nitrogens with zero attached hydrogens (tertiary/aromatic N) is 4. The minimum absolute atomic E-state index is 0.672. The van der Waals surface area contributed by atoms with Gasteiger partial charge in [-0.2, -0.15) is 0 Å². The third-order valence-corrected chi connectivity index (χ3v) is 6.81. The first-order valence-electron chi connectivity index (χ1n) is 10.3. The van der Waals surface area contributed by atoms with Gasteiger partial charge in [0.15, 0.2) is 0 Å². The molecule has 1 N–H and O–H groups in total. The lowest BCUT2D eigenvalue weighted by atomic mass is 10.1. The van der Waals surface area contributed by atoms with Crippen molar-refractivity contribution in [2.45, 2.75) is 26.9 Å². The predicted molar refractivity (Wildman–Crippen MR) is 122 cm³/mol. The molecule has 1 aromatic carbocycles. The Kier molecular flexibility index (Phi) is 5.33. The summed E-state index contributed by atoms with van der Waals surface area (Å²) in [6.07, 6.45) is 1.85. The largest absolute Gasteiger partial charge is 0.379 e. The maximum Gasteiger partial charge on any atom is 0.146 e. The van der Waals surface area contributed by atoms with Gasteiger partial charge in [-0.25, -0.2) is 9.97 Å². The molecule has 0 atom stereocenters. The van der Waals surface area contributed by atoms with Crippen LogP contribution in [0.25, 0.3) is 21.1 Å². The molecule has 0 bridgehead atoms. The van der Waals surface area contributed by atoms with Crippen molar-refractivity contribution in [1.29, 1.82) is 0 Å². The minimum Gasteiger partial charge on any atom is -0.379 e. The maximum absolute atomic E-state index is 5.47. The number of hydrogen-bond donors (Lipinski definition) is 1. The Morgan fingerprint density at radius 1 is 1.10 bits per heavy atom. The molecule has 0 amide bonds. The van der Waals surface area contributed by atoms with Crippen molar-refractivity contribution in [3.8, 4) is 0 Å². The molecule has 7 heteroatoms. The Balaban J connectivity index is 1.48. The fourth-order valence-corrected chi connectivity index (χ4v) is 4.99. The summed E-state index contributed by atoms with van der Waals surface area (Å²) in [6.45, 7) is 9.14. The van der Waals surface area contributed by atoms with E-state index in [2.05, 4.69) is 53.3 Å². The van der Waals surface area contributed by atoms with Crippen LogP contribution in [0.3, 0.4) is 0 Å². The summed E-state index contributed by atoms with van der Waals surface area (Å²) in [5.41, 5.74) is 3.45. The van der Waals surface area contributed by atoms with E-state index in [1.165, 1.54) is 16.0 Å². The fraction of sp³-hybridized carbons (Fsp3) is 0.348. The van der Waals surface area contributed by atoms with Gasteiger partial charge in [-0.05, 0) is 31.0 Å². The number of para-hydroxylation sites is 1. The third-order valence-electron chi connectivity index (χ3n) is 5.71. The van der Waals surface area contributed by atoms with Crippen LogP contribution in [0.15, 0.2) is 36.5 Å². The molecule has 4 aromatic rings. The minimum atomic E-state index is 0.672. The summed E-state index contributed by atoms with van der Waals surface area (Å²) in [7, 11) is 0. The van der Waals surface area contributed by atoms with Gasteiger partial charge in [0.05, 0.1) is 30.7 Å². The zero-order chi connectivity index (χ0) is 20.5. The monoisotopic (exact) mass is 419 g/mol. The number of morpholine rings is 1. The first-order chi connectivity index (χ1) is 14.7. The topological polar surface area (TPSA) is 63.2 Å². The number of thiophene rings is 1. The Labute approximate surface area is 179 Å². The Morgan fingerprint density at radius 3 is 2.80 bits per heavy atom. The van der Waals surface area contributed by atoms with Crippen molar-refractivity contribution >= 4 is 38.3 Å². The van der Waals surface area contributed by atoms with Gasteiger partial charge in [-0.3, -0.25) is 9.88 Å². The molecule has 30 heavy (non-hydrogen) atoms. The third kappa shape index (κ3) is 3.76. The van der Waals surface area contributed by atoms with Gasteiger partial charge in [0, 0.05) is 36.1 Å². The van der Waals surface area contributed by atoms with E-state index in [-0.39, 0.29) is 0 Å². The summed E-state index contributed by atoms with van der Waals surface area (Å²) in [5.74, 6) is 1.78. The quantitative estimate of drug-likeness (QED) is 0.520. The van der Waals surface area contributed by atoms with E-state index in [1.807, 2.05) is 12.3 Å². The number of aryl methyl sites for hydroxylation is 2. The van der Waals surface area contributed by atoms with E-state index in [0.717, 1.165) is 65.6 Å². The number of pyridine rings is 1. The van der Waals surface area contributed by atoms with Crippen molar-refractivity contribution in [1.82, 2.24) is 19.9 Å². The Morgan fingerprint density at radius 2 is 1.93 bits per heavy atom. The van der Waals surface area contributed by atoms with E-state index in [4.69, 9.17) is 14.7 Å². The molecule has 6 nitrogen and oxygen atoms in total. The van der Waals surface area contributed by atoms with Gasteiger partial charge in [0.1, 0.15) is 16.5 Å². The summed E-state index contributed by atoms with van der Waals surface area (Å²) >= 11 is 1.75. The van der Waals surface area contributed by atoms with Crippen LogP contribution in [0, 0.1) is 13.8 Å². The van der Waals surface area contributed by atoms with Crippen molar-refractivity contribution in [3.05, 3.63) is 58.4 Å². The van der Waals surface area contributed by atoms with Gasteiger partial charge in [0.2, 0.25) is 0 Å². The molecule has 1 aliphatic heterocycles.